The number of benzene rings is 2. The van der Waals surface area contributed by atoms with Gasteiger partial charge in [-0.05, 0) is 43.0 Å². The Labute approximate surface area is 238 Å². The van der Waals surface area contributed by atoms with Crippen molar-refractivity contribution < 1.29 is 9.13 Å². The van der Waals surface area contributed by atoms with Gasteiger partial charge in [0.05, 0.1) is 52.5 Å². The normalized spacial score (nSPS) is 17.1. The van der Waals surface area contributed by atoms with E-state index in [4.69, 9.17) is 21.2 Å². The molecule has 4 heterocycles. The molecule has 1 atom stereocenters. The van der Waals surface area contributed by atoms with Crippen LogP contribution in [0, 0.1) is 17.1 Å². The highest BCUT2D eigenvalue weighted by molar-refractivity contribution is 6.06. The smallest absolute Gasteiger partial charge is 0.270 e. The molecule has 1 aliphatic carbocycles. The Balaban J connectivity index is 1.27. The maximum Gasteiger partial charge on any atom is 0.270 e. The van der Waals surface area contributed by atoms with Crippen LogP contribution in [0.4, 0.5) is 27.5 Å². The van der Waals surface area contributed by atoms with Crippen molar-refractivity contribution in [2.24, 2.45) is 0 Å². The van der Waals surface area contributed by atoms with Crippen LogP contribution in [0.2, 0.25) is 0 Å². The number of halogens is 1. The highest BCUT2D eigenvalue weighted by Crippen LogP contribution is 2.43. The minimum absolute atomic E-state index is 0.0476. The molecule has 0 bridgehead atoms. The number of nitrogens with zero attached hydrogens (tertiary/aromatic N) is 6. The topological polar surface area (TPSA) is 177 Å². The molecular formula is C29H27FN10O2. The summed E-state index contributed by atoms with van der Waals surface area (Å²) in [7, 11) is 1.81. The van der Waals surface area contributed by atoms with Gasteiger partial charge in [-0.15, -0.1) is 0 Å². The van der Waals surface area contributed by atoms with Crippen molar-refractivity contribution in [2.45, 2.75) is 30.8 Å². The third-order valence-electron chi connectivity index (χ3n) is 8.28. The molecule has 5 aromatic rings. The number of H-pyrrole nitrogens is 1. The van der Waals surface area contributed by atoms with Gasteiger partial charge >= 0.3 is 0 Å². The number of fused-ring (bicyclic) bond motifs is 4. The Morgan fingerprint density at radius 2 is 2.05 bits per heavy atom. The van der Waals surface area contributed by atoms with Crippen LogP contribution >= 0.6 is 0 Å². The van der Waals surface area contributed by atoms with Gasteiger partial charge in [0.2, 0.25) is 5.95 Å². The number of hydrogen-bond donors (Lipinski definition) is 4. The van der Waals surface area contributed by atoms with Gasteiger partial charge < -0.3 is 26.4 Å². The van der Waals surface area contributed by atoms with Crippen molar-refractivity contribution in [2.75, 3.05) is 41.8 Å². The number of aromatic amines is 1. The molecule has 12 nitrogen and oxygen atoms in total. The van der Waals surface area contributed by atoms with Gasteiger partial charge in [-0.1, -0.05) is 12.1 Å². The summed E-state index contributed by atoms with van der Waals surface area (Å²) in [5.74, 6) is 0.272. The number of anilines is 4. The summed E-state index contributed by atoms with van der Waals surface area (Å²) in [5, 5.41) is 20.7. The number of pyridine rings is 1. The standard InChI is InChI=1S/C29H27FN10O2/c1-39(13-17-11-34-21-10-20(32)19(30)9-22(21)42-17)28-35-12-18-24-23(25(33)38-37-24)27(41)40(26(18)36-28)16-5-3-15(4-6-16)29(14-31)7-2-8-29/h3-6,9-10,12,17,34H,2,7-8,11,13,32H2,1H3,(H3,33,37,38). The molecule has 212 valence electrons. The molecule has 2 aliphatic rings. The van der Waals surface area contributed by atoms with Crippen LogP contribution in [0.5, 0.6) is 5.75 Å². The molecule has 1 fully saturated rings. The second-order valence-corrected chi connectivity index (χ2v) is 10.9. The summed E-state index contributed by atoms with van der Waals surface area (Å²) >= 11 is 0. The summed E-state index contributed by atoms with van der Waals surface area (Å²) in [6.45, 7) is 0.837. The van der Waals surface area contributed by atoms with E-state index in [1.54, 1.807) is 11.1 Å². The minimum Gasteiger partial charge on any atom is -0.484 e. The van der Waals surface area contributed by atoms with Crippen molar-refractivity contribution in [1.82, 2.24) is 24.7 Å². The number of ether oxygens (including phenoxy) is 1. The van der Waals surface area contributed by atoms with Gasteiger partial charge in [0, 0.05) is 19.3 Å². The van der Waals surface area contributed by atoms with Gasteiger partial charge in [-0.25, -0.2) is 9.37 Å². The van der Waals surface area contributed by atoms with E-state index in [-0.39, 0.29) is 28.6 Å². The van der Waals surface area contributed by atoms with Crippen molar-refractivity contribution in [3.05, 3.63) is 64.3 Å². The zero-order valence-electron chi connectivity index (χ0n) is 22.7. The fourth-order valence-corrected chi connectivity index (χ4v) is 5.78. The molecule has 0 spiro atoms. The summed E-state index contributed by atoms with van der Waals surface area (Å²) in [4.78, 5) is 25.0. The molecular weight excluding hydrogens is 539 g/mol. The Morgan fingerprint density at radius 1 is 1.26 bits per heavy atom. The number of likely N-dealkylation sites (N-methyl/N-ethyl adjacent to an activating group) is 1. The van der Waals surface area contributed by atoms with Gasteiger partial charge in [-0.3, -0.25) is 14.5 Å². The highest BCUT2D eigenvalue weighted by atomic mass is 19.1. The predicted molar refractivity (Wildman–Crippen MR) is 157 cm³/mol. The molecule has 2 aromatic carbocycles. The van der Waals surface area contributed by atoms with E-state index < -0.39 is 11.2 Å². The lowest BCUT2D eigenvalue weighted by molar-refractivity contribution is 0.211. The number of rotatable bonds is 5. The van der Waals surface area contributed by atoms with Crippen LogP contribution in [0.3, 0.4) is 0 Å². The molecule has 3 aromatic heterocycles. The van der Waals surface area contributed by atoms with Gasteiger partial charge in [0.15, 0.2) is 11.5 Å². The third kappa shape index (κ3) is 3.87. The van der Waals surface area contributed by atoms with E-state index in [0.29, 0.717) is 52.7 Å². The number of nitrogens with one attached hydrogen (secondary N) is 2. The lowest BCUT2D eigenvalue weighted by Crippen LogP contribution is -2.41. The van der Waals surface area contributed by atoms with E-state index >= 15 is 0 Å². The molecule has 0 amide bonds. The first-order valence-corrected chi connectivity index (χ1v) is 13.6. The van der Waals surface area contributed by atoms with Gasteiger partial charge in [-0.2, -0.15) is 15.3 Å². The molecule has 1 unspecified atom stereocenters. The molecule has 6 N–H and O–H groups in total. The number of aromatic nitrogens is 5. The van der Waals surface area contributed by atoms with Crippen LogP contribution in [-0.2, 0) is 5.41 Å². The highest BCUT2D eigenvalue weighted by Gasteiger charge is 2.39. The largest absolute Gasteiger partial charge is 0.484 e. The first-order chi connectivity index (χ1) is 20.3. The average molecular weight is 567 g/mol. The number of nitrogen functional groups attached to an aromatic ring is 2. The van der Waals surface area contributed by atoms with Crippen LogP contribution in [0.15, 0.2) is 47.4 Å². The Kier molecular flexibility index (Phi) is 5.69. The van der Waals surface area contributed by atoms with E-state index in [9.17, 15) is 14.4 Å². The van der Waals surface area contributed by atoms with Gasteiger partial charge in [0.25, 0.3) is 5.56 Å². The summed E-state index contributed by atoms with van der Waals surface area (Å²) in [6.07, 6.45) is 3.95. The van der Waals surface area contributed by atoms with Crippen LogP contribution in [-0.4, -0.2) is 51.0 Å². The SMILES string of the molecule is CN(CC1CNc2cc(N)c(F)cc2O1)c1ncc2c3[nH]nc(N)c3c(=O)n(-c3ccc(C4(C#N)CCC4)cc3)c2n1. The Morgan fingerprint density at radius 3 is 2.76 bits per heavy atom. The Hall–Kier alpha value is -5.38. The monoisotopic (exact) mass is 566 g/mol. The molecule has 42 heavy (non-hydrogen) atoms. The number of nitrogens with two attached hydrogens (primary N) is 2. The zero-order valence-corrected chi connectivity index (χ0v) is 22.7. The predicted octanol–water partition coefficient (Wildman–Crippen LogP) is 3.22. The van der Waals surface area contributed by atoms with Gasteiger partial charge in [0.1, 0.15) is 23.1 Å². The quantitative estimate of drug-likeness (QED) is 0.231. The molecule has 0 radical (unpaired) electrons. The molecule has 0 saturated heterocycles. The summed E-state index contributed by atoms with van der Waals surface area (Å²) < 4.78 is 21.5. The van der Waals surface area contributed by atoms with Crippen LogP contribution in [0.25, 0.3) is 27.6 Å². The van der Waals surface area contributed by atoms with Crippen molar-refractivity contribution in [3.63, 3.8) is 0 Å². The maximum absolute atomic E-state index is 14.0. The van der Waals surface area contributed by atoms with Crippen LogP contribution < -0.4 is 32.0 Å². The molecule has 13 heteroatoms. The number of nitriles is 1. The fourth-order valence-electron chi connectivity index (χ4n) is 5.78. The lowest BCUT2D eigenvalue weighted by Gasteiger charge is -2.35. The van der Waals surface area contributed by atoms with Crippen LogP contribution in [0.1, 0.15) is 24.8 Å². The van der Waals surface area contributed by atoms with Crippen molar-refractivity contribution in [3.8, 4) is 17.5 Å². The fraction of sp³-hybridized carbons (Fsp3) is 0.276. The summed E-state index contributed by atoms with van der Waals surface area (Å²) in [6, 6.07) is 12.7. The second kappa shape index (κ2) is 9.34. The minimum atomic E-state index is -0.547. The van der Waals surface area contributed by atoms with Crippen molar-refractivity contribution in [1.29, 1.82) is 5.26 Å². The first-order valence-electron chi connectivity index (χ1n) is 13.6. The van der Waals surface area contributed by atoms with E-state index in [0.717, 1.165) is 24.8 Å². The molecule has 1 saturated carbocycles. The average Bonchev–Trinajstić information content (AvgIpc) is 3.36. The molecule has 1 aliphatic heterocycles. The van der Waals surface area contributed by atoms with E-state index in [1.807, 2.05) is 31.3 Å². The first kappa shape index (κ1) is 25.6. The van der Waals surface area contributed by atoms with E-state index in [1.165, 1.54) is 16.7 Å². The van der Waals surface area contributed by atoms with Crippen molar-refractivity contribution >= 4 is 45.1 Å². The Bertz CT molecular complexity index is 1970. The lowest BCUT2D eigenvalue weighted by atomic mass is 9.65. The summed E-state index contributed by atoms with van der Waals surface area (Å²) in [5.41, 5.74) is 13.9. The zero-order chi connectivity index (χ0) is 29.2. The molecule has 7 rings (SSSR count). The van der Waals surface area contributed by atoms with E-state index in [2.05, 4.69) is 26.6 Å². The third-order valence-corrected chi connectivity index (χ3v) is 8.28. The maximum atomic E-state index is 14.0. The second-order valence-electron chi connectivity index (χ2n) is 10.9. The number of hydrogen-bond acceptors (Lipinski definition) is 10.